The van der Waals surface area contributed by atoms with Crippen LogP contribution in [0.2, 0.25) is 0 Å². The van der Waals surface area contributed by atoms with Gasteiger partial charge in [-0.1, -0.05) is 0 Å². The number of hydrogen-bond donors (Lipinski definition) is 0. The molecule has 1 fully saturated rings. The van der Waals surface area contributed by atoms with Gasteiger partial charge in [-0.05, 0) is 39.0 Å². The molecule has 0 radical (unpaired) electrons. The third-order valence-electron chi connectivity index (χ3n) is 3.90. The van der Waals surface area contributed by atoms with Gasteiger partial charge in [-0.2, -0.15) is 16.9 Å². The Morgan fingerprint density at radius 1 is 1.45 bits per heavy atom. The second-order valence-corrected chi connectivity index (χ2v) is 6.67. The summed E-state index contributed by atoms with van der Waals surface area (Å²) in [7, 11) is 0. The van der Waals surface area contributed by atoms with E-state index in [9.17, 15) is 4.79 Å². The monoisotopic (exact) mass is 319 g/mol. The fraction of sp³-hybridized carbons (Fsp3) is 0.500. The molecule has 2 aromatic rings. The van der Waals surface area contributed by atoms with E-state index < -0.39 is 0 Å². The van der Waals surface area contributed by atoms with Crippen molar-refractivity contribution in [3.05, 3.63) is 41.1 Å². The highest BCUT2D eigenvalue weighted by molar-refractivity contribution is 7.99. The second kappa shape index (κ2) is 6.20. The maximum Gasteiger partial charge on any atom is 0.272 e. The van der Waals surface area contributed by atoms with Gasteiger partial charge in [0.1, 0.15) is 17.2 Å². The lowest BCUT2D eigenvalue weighted by atomic mass is 10.2. The lowest BCUT2D eigenvalue weighted by molar-refractivity contribution is 0.0668. The van der Waals surface area contributed by atoms with Crippen molar-refractivity contribution < 1.29 is 9.21 Å². The Morgan fingerprint density at radius 2 is 2.27 bits per heavy atom. The van der Waals surface area contributed by atoms with Crippen molar-refractivity contribution in [2.75, 3.05) is 18.1 Å². The van der Waals surface area contributed by atoms with E-state index in [-0.39, 0.29) is 11.9 Å². The lowest BCUT2D eigenvalue weighted by Crippen LogP contribution is -2.41. The summed E-state index contributed by atoms with van der Waals surface area (Å²) >= 11 is 1.86. The van der Waals surface area contributed by atoms with E-state index in [1.54, 1.807) is 4.68 Å². The van der Waals surface area contributed by atoms with Gasteiger partial charge >= 0.3 is 0 Å². The summed E-state index contributed by atoms with van der Waals surface area (Å²) in [6.07, 6.45) is 0. The number of carbonyl (C=O) groups is 1. The van der Waals surface area contributed by atoms with Gasteiger partial charge in [0.25, 0.3) is 5.91 Å². The van der Waals surface area contributed by atoms with Gasteiger partial charge in [-0.3, -0.25) is 9.48 Å². The van der Waals surface area contributed by atoms with Crippen molar-refractivity contribution in [3.63, 3.8) is 0 Å². The Labute approximate surface area is 134 Å². The highest BCUT2D eigenvalue weighted by Crippen LogP contribution is 2.31. The summed E-state index contributed by atoms with van der Waals surface area (Å²) in [4.78, 5) is 14.9. The van der Waals surface area contributed by atoms with Crippen LogP contribution in [0.3, 0.4) is 0 Å². The van der Waals surface area contributed by atoms with Gasteiger partial charge in [0.2, 0.25) is 0 Å². The zero-order valence-electron chi connectivity index (χ0n) is 13.2. The first-order valence-corrected chi connectivity index (χ1v) is 8.75. The van der Waals surface area contributed by atoms with Crippen molar-refractivity contribution in [3.8, 4) is 0 Å². The molecule has 3 heterocycles. The first kappa shape index (κ1) is 15.2. The number of furan rings is 1. The number of thioether (sulfide) groups is 1. The molecule has 1 aliphatic rings. The van der Waals surface area contributed by atoms with Crippen molar-refractivity contribution >= 4 is 17.7 Å². The molecule has 0 N–H and O–H groups in total. The number of rotatable bonds is 3. The third kappa shape index (κ3) is 2.79. The Morgan fingerprint density at radius 3 is 2.95 bits per heavy atom. The SMILES string of the molecule is CCn1nc(C)cc1C(=O)N1CCSC[C@H]1c1ccc(C)o1. The summed E-state index contributed by atoms with van der Waals surface area (Å²) in [5.41, 5.74) is 1.54. The van der Waals surface area contributed by atoms with E-state index in [1.807, 2.05) is 55.6 Å². The second-order valence-electron chi connectivity index (χ2n) is 5.52. The van der Waals surface area contributed by atoms with E-state index in [4.69, 9.17) is 4.42 Å². The summed E-state index contributed by atoms with van der Waals surface area (Å²) < 4.78 is 7.55. The molecule has 118 valence electrons. The van der Waals surface area contributed by atoms with Crippen LogP contribution in [-0.4, -0.2) is 38.6 Å². The summed E-state index contributed by atoms with van der Waals surface area (Å²) in [5.74, 6) is 3.63. The molecule has 1 amide bonds. The molecule has 1 saturated heterocycles. The molecule has 5 nitrogen and oxygen atoms in total. The molecule has 22 heavy (non-hydrogen) atoms. The fourth-order valence-electron chi connectivity index (χ4n) is 2.82. The first-order valence-electron chi connectivity index (χ1n) is 7.59. The van der Waals surface area contributed by atoms with Crippen LogP contribution < -0.4 is 0 Å². The van der Waals surface area contributed by atoms with Crippen LogP contribution in [0.25, 0.3) is 0 Å². The largest absolute Gasteiger partial charge is 0.464 e. The molecule has 0 unspecified atom stereocenters. The number of hydrogen-bond acceptors (Lipinski definition) is 4. The quantitative estimate of drug-likeness (QED) is 0.872. The van der Waals surface area contributed by atoms with Gasteiger partial charge in [0, 0.05) is 24.6 Å². The van der Waals surface area contributed by atoms with Crippen LogP contribution in [0.15, 0.2) is 22.6 Å². The molecule has 0 spiro atoms. The van der Waals surface area contributed by atoms with Crippen molar-refractivity contribution in [1.82, 2.24) is 14.7 Å². The Hall–Kier alpha value is -1.69. The van der Waals surface area contributed by atoms with Gasteiger partial charge in [0.15, 0.2) is 0 Å². The number of carbonyl (C=O) groups excluding carboxylic acids is 1. The smallest absolute Gasteiger partial charge is 0.272 e. The van der Waals surface area contributed by atoms with Crippen LogP contribution in [0, 0.1) is 13.8 Å². The van der Waals surface area contributed by atoms with Gasteiger partial charge in [-0.25, -0.2) is 0 Å². The lowest BCUT2D eigenvalue weighted by Gasteiger charge is -2.34. The molecule has 6 heteroatoms. The first-order chi connectivity index (χ1) is 10.6. The van der Waals surface area contributed by atoms with E-state index in [2.05, 4.69) is 5.10 Å². The van der Waals surface area contributed by atoms with Gasteiger partial charge in [-0.15, -0.1) is 0 Å². The Bertz CT molecular complexity index is 677. The van der Waals surface area contributed by atoms with E-state index in [0.29, 0.717) is 12.2 Å². The maximum absolute atomic E-state index is 13.0. The van der Waals surface area contributed by atoms with Crippen LogP contribution >= 0.6 is 11.8 Å². The minimum absolute atomic E-state index is 0.000428. The summed E-state index contributed by atoms with van der Waals surface area (Å²) in [6.45, 7) is 7.29. The highest BCUT2D eigenvalue weighted by atomic mass is 32.2. The van der Waals surface area contributed by atoms with Crippen molar-refractivity contribution in [1.29, 1.82) is 0 Å². The third-order valence-corrected chi connectivity index (χ3v) is 4.92. The molecule has 0 aliphatic carbocycles. The van der Waals surface area contributed by atoms with E-state index >= 15 is 0 Å². The zero-order chi connectivity index (χ0) is 15.7. The summed E-state index contributed by atoms with van der Waals surface area (Å²) in [5, 5.41) is 4.39. The Balaban J connectivity index is 1.91. The van der Waals surface area contributed by atoms with Crippen LogP contribution in [0.5, 0.6) is 0 Å². The van der Waals surface area contributed by atoms with Crippen molar-refractivity contribution in [2.24, 2.45) is 0 Å². The molecule has 0 aromatic carbocycles. The number of amides is 1. The molecule has 0 bridgehead atoms. The predicted molar refractivity (Wildman–Crippen MR) is 87.2 cm³/mol. The number of aromatic nitrogens is 2. The molecule has 3 rings (SSSR count). The predicted octanol–water partition coefficient (Wildman–Crippen LogP) is 3.04. The summed E-state index contributed by atoms with van der Waals surface area (Å²) in [6, 6.07) is 5.81. The highest BCUT2D eigenvalue weighted by Gasteiger charge is 2.32. The minimum Gasteiger partial charge on any atom is -0.464 e. The molecule has 2 aromatic heterocycles. The molecular formula is C16H21N3O2S. The topological polar surface area (TPSA) is 51.3 Å². The normalized spacial score (nSPS) is 18.7. The van der Waals surface area contributed by atoms with Crippen molar-refractivity contribution in [2.45, 2.75) is 33.4 Å². The standard InChI is InChI=1S/C16H21N3O2S/c1-4-19-13(9-11(2)17-19)16(20)18-7-8-22-10-14(18)15-6-5-12(3)21-15/h5-6,9,14H,4,7-8,10H2,1-3H3/t14-/m0/s1. The minimum atomic E-state index is 0.000428. The number of nitrogens with zero attached hydrogens (tertiary/aromatic N) is 3. The van der Waals surface area contributed by atoms with Crippen LogP contribution in [0.1, 0.15) is 40.7 Å². The fourth-order valence-corrected chi connectivity index (χ4v) is 3.88. The number of aryl methyl sites for hydroxylation is 3. The average Bonchev–Trinajstić information content (AvgIpc) is 3.12. The van der Waals surface area contributed by atoms with Crippen LogP contribution in [-0.2, 0) is 6.54 Å². The molecule has 1 atom stereocenters. The average molecular weight is 319 g/mol. The molecular weight excluding hydrogens is 298 g/mol. The van der Waals surface area contributed by atoms with Gasteiger partial charge < -0.3 is 9.32 Å². The molecule has 0 saturated carbocycles. The molecule has 1 aliphatic heterocycles. The zero-order valence-corrected chi connectivity index (χ0v) is 14.0. The van der Waals surface area contributed by atoms with E-state index in [1.165, 1.54) is 0 Å². The Kier molecular flexibility index (Phi) is 4.29. The maximum atomic E-state index is 13.0. The van der Waals surface area contributed by atoms with E-state index in [0.717, 1.165) is 35.3 Å². The van der Waals surface area contributed by atoms with Gasteiger partial charge in [0.05, 0.1) is 11.7 Å². The van der Waals surface area contributed by atoms with Crippen LogP contribution in [0.4, 0.5) is 0 Å².